The molecule has 2 aliphatic heterocycles. The second kappa shape index (κ2) is 7.40. The maximum atomic E-state index is 12.8. The summed E-state index contributed by atoms with van der Waals surface area (Å²) in [5, 5.41) is 9.37. The number of rotatable bonds is 4. The van der Waals surface area contributed by atoms with Crippen LogP contribution in [0.25, 0.3) is 0 Å². The highest BCUT2D eigenvalue weighted by atomic mass is 16.5. The molecule has 2 aliphatic rings. The molecule has 2 saturated heterocycles. The van der Waals surface area contributed by atoms with E-state index in [-0.39, 0.29) is 23.8 Å². The van der Waals surface area contributed by atoms with E-state index < -0.39 is 5.97 Å². The number of carboxylic acid groups (broad SMARTS) is 1. The van der Waals surface area contributed by atoms with E-state index in [1.54, 1.807) is 12.1 Å². The molecule has 0 unspecified atom stereocenters. The molecule has 2 fully saturated rings. The third-order valence-electron chi connectivity index (χ3n) is 5.33. The summed E-state index contributed by atoms with van der Waals surface area (Å²) >= 11 is 0. The van der Waals surface area contributed by atoms with Crippen molar-refractivity contribution in [3.63, 3.8) is 0 Å². The van der Waals surface area contributed by atoms with Crippen LogP contribution in [-0.4, -0.2) is 47.7 Å². The second-order valence-electron chi connectivity index (χ2n) is 7.02. The number of carboxylic acids is 1. The first-order chi connectivity index (χ1) is 12.0. The normalized spacial score (nSPS) is 24.3. The van der Waals surface area contributed by atoms with Crippen LogP contribution in [0.4, 0.5) is 0 Å². The van der Waals surface area contributed by atoms with Gasteiger partial charge in [-0.3, -0.25) is 4.79 Å². The summed E-state index contributed by atoms with van der Waals surface area (Å²) < 4.78 is 5.66. The van der Waals surface area contributed by atoms with Crippen LogP contribution in [-0.2, 0) is 9.53 Å². The van der Waals surface area contributed by atoms with Crippen molar-refractivity contribution in [2.75, 3.05) is 19.7 Å². The quantitative estimate of drug-likeness (QED) is 0.853. The van der Waals surface area contributed by atoms with Gasteiger partial charge in [-0.15, -0.1) is 0 Å². The van der Waals surface area contributed by atoms with Crippen molar-refractivity contribution in [3.05, 3.63) is 47.5 Å². The van der Waals surface area contributed by atoms with Crippen molar-refractivity contribution in [3.8, 4) is 0 Å². The van der Waals surface area contributed by atoms with Gasteiger partial charge in [-0.25, -0.2) is 4.79 Å². The van der Waals surface area contributed by atoms with Gasteiger partial charge in [-0.1, -0.05) is 30.4 Å². The summed E-state index contributed by atoms with van der Waals surface area (Å²) in [5.41, 5.74) is 2.16. The van der Waals surface area contributed by atoms with Gasteiger partial charge < -0.3 is 14.7 Å². The van der Waals surface area contributed by atoms with E-state index in [9.17, 15) is 14.7 Å². The van der Waals surface area contributed by atoms with Crippen molar-refractivity contribution in [2.45, 2.75) is 38.2 Å². The molecule has 2 heterocycles. The van der Waals surface area contributed by atoms with Gasteiger partial charge in [0.15, 0.2) is 0 Å². The van der Waals surface area contributed by atoms with Crippen LogP contribution in [0.1, 0.15) is 48.0 Å². The zero-order valence-corrected chi connectivity index (χ0v) is 14.6. The monoisotopic (exact) mass is 343 g/mol. The van der Waals surface area contributed by atoms with E-state index in [0.717, 1.165) is 30.4 Å². The molecule has 5 heteroatoms. The fourth-order valence-electron chi connectivity index (χ4n) is 4.02. The van der Waals surface area contributed by atoms with Crippen LogP contribution in [0.15, 0.2) is 36.4 Å². The Morgan fingerprint density at radius 1 is 1.20 bits per heavy atom. The molecule has 1 aromatic rings. The summed E-state index contributed by atoms with van der Waals surface area (Å²) in [6, 6.07) is 7.19. The number of aromatic carboxylic acids is 1. The number of likely N-dealkylation sites (tertiary alicyclic amines) is 1. The number of ether oxygens (including phenoxy) is 1. The fourth-order valence-corrected chi connectivity index (χ4v) is 4.02. The molecule has 3 rings (SSSR count). The molecule has 0 radical (unpaired) electrons. The molecule has 2 atom stereocenters. The number of carbonyl (C=O) groups excluding carboxylic acids is 1. The SMILES string of the molecule is C=C(C)[C@@H]1OCC[C@@H]1C(=O)N1CCC(c2ccccc2C(=O)O)CC1. The highest BCUT2D eigenvalue weighted by molar-refractivity contribution is 5.89. The van der Waals surface area contributed by atoms with Crippen molar-refractivity contribution in [1.29, 1.82) is 0 Å². The first kappa shape index (κ1) is 17.7. The minimum absolute atomic E-state index is 0.125. The Balaban J connectivity index is 1.65. The minimum atomic E-state index is -0.887. The Labute approximate surface area is 148 Å². The number of hydrogen-bond donors (Lipinski definition) is 1. The van der Waals surface area contributed by atoms with Gasteiger partial charge in [0.25, 0.3) is 0 Å². The smallest absolute Gasteiger partial charge is 0.335 e. The minimum Gasteiger partial charge on any atom is -0.478 e. The first-order valence-electron chi connectivity index (χ1n) is 8.87. The van der Waals surface area contributed by atoms with Gasteiger partial charge in [0.2, 0.25) is 5.91 Å². The number of piperidine rings is 1. The molecule has 0 spiro atoms. The van der Waals surface area contributed by atoms with Crippen LogP contribution in [0.3, 0.4) is 0 Å². The summed E-state index contributed by atoms with van der Waals surface area (Å²) in [6.45, 7) is 7.78. The topological polar surface area (TPSA) is 66.8 Å². The summed E-state index contributed by atoms with van der Waals surface area (Å²) in [6.07, 6.45) is 2.17. The van der Waals surface area contributed by atoms with Crippen LogP contribution in [0.5, 0.6) is 0 Å². The molecular formula is C20H25NO4. The third-order valence-corrected chi connectivity index (χ3v) is 5.33. The lowest BCUT2D eigenvalue weighted by molar-refractivity contribution is -0.137. The van der Waals surface area contributed by atoms with Crippen LogP contribution < -0.4 is 0 Å². The summed E-state index contributed by atoms with van der Waals surface area (Å²) in [4.78, 5) is 26.2. The number of hydrogen-bond acceptors (Lipinski definition) is 3. The van der Waals surface area contributed by atoms with Crippen LogP contribution >= 0.6 is 0 Å². The van der Waals surface area contributed by atoms with Crippen molar-refractivity contribution in [2.24, 2.45) is 5.92 Å². The van der Waals surface area contributed by atoms with Gasteiger partial charge in [0, 0.05) is 19.7 Å². The van der Waals surface area contributed by atoms with Gasteiger partial charge in [-0.05, 0) is 43.7 Å². The number of nitrogens with zero attached hydrogens (tertiary/aromatic N) is 1. The van der Waals surface area contributed by atoms with Crippen molar-refractivity contribution < 1.29 is 19.4 Å². The molecule has 134 valence electrons. The average molecular weight is 343 g/mol. The highest BCUT2D eigenvalue weighted by Crippen LogP contribution is 2.33. The highest BCUT2D eigenvalue weighted by Gasteiger charge is 2.38. The van der Waals surface area contributed by atoms with Gasteiger partial charge >= 0.3 is 5.97 Å². The molecule has 1 aromatic carbocycles. The largest absolute Gasteiger partial charge is 0.478 e. The predicted molar refractivity (Wildman–Crippen MR) is 94.6 cm³/mol. The first-order valence-corrected chi connectivity index (χ1v) is 8.87. The molecule has 0 bridgehead atoms. The number of carbonyl (C=O) groups is 2. The van der Waals surface area contributed by atoms with Crippen LogP contribution in [0.2, 0.25) is 0 Å². The zero-order valence-electron chi connectivity index (χ0n) is 14.6. The summed E-state index contributed by atoms with van der Waals surface area (Å²) in [7, 11) is 0. The average Bonchev–Trinajstić information content (AvgIpc) is 3.11. The lowest BCUT2D eigenvalue weighted by Crippen LogP contribution is -2.43. The third kappa shape index (κ3) is 3.61. The van der Waals surface area contributed by atoms with E-state index in [1.165, 1.54) is 0 Å². The van der Waals surface area contributed by atoms with Crippen molar-refractivity contribution >= 4 is 11.9 Å². The van der Waals surface area contributed by atoms with Crippen molar-refractivity contribution in [1.82, 2.24) is 4.90 Å². The molecule has 0 aromatic heterocycles. The Morgan fingerprint density at radius 3 is 2.52 bits per heavy atom. The van der Waals surface area contributed by atoms with Gasteiger partial charge in [0.1, 0.15) is 0 Å². The lowest BCUT2D eigenvalue weighted by Gasteiger charge is -2.35. The second-order valence-corrected chi connectivity index (χ2v) is 7.02. The Morgan fingerprint density at radius 2 is 1.88 bits per heavy atom. The Kier molecular flexibility index (Phi) is 5.23. The standard InChI is InChI=1S/C20H25NO4/c1-13(2)18-17(9-12-25-18)19(22)21-10-7-14(8-11-21)15-5-3-4-6-16(15)20(23)24/h3-6,14,17-18H,1,7-12H2,2H3,(H,23,24)/t17-,18-/m0/s1. The molecular weight excluding hydrogens is 318 g/mol. The predicted octanol–water partition coefficient (Wildman–Crippen LogP) is 3.07. The molecule has 25 heavy (non-hydrogen) atoms. The van der Waals surface area contributed by atoms with Gasteiger partial charge in [0.05, 0.1) is 17.6 Å². The Hall–Kier alpha value is -2.14. The van der Waals surface area contributed by atoms with E-state index in [1.807, 2.05) is 24.0 Å². The van der Waals surface area contributed by atoms with Gasteiger partial charge in [-0.2, -0.15) is 0 Å². The fraction of sp³-hybridized carbons (Fsp3) is 0.500. The Bertz CT molecular complexity index is 676. The molecule has 1 amide bonds. The van der Waals surface area contributed by atoms with E-state index in [4.69, 9.17) is 4.74 Å². The maximum Gasteiger partial charge on any atom is 0.335 e. The summed E-state index contributed by atoms with van der Waals surface area (Å²) in [5.74, 6) is -0.676. The van der Waals surface area contributed by atoms with E-state index >= 15 is 0 Å². The lowest BCUT2D eigenvalue weighted by atomic mass is 9.85. The molecule has 5 nitrogen and oxygen atoms in total. The van der Waals surface area contributed by atoms with Crippen LogP contribution in [0, 0.1) is 5.92 Å². The van der Waals surface area contributed by atoms with E-state index in [0.29, 0.717) is 25.3 Å². The zero-order chi connectivity index (χ0) is 18.0. The number of benzene rings is 1. The molecule has 0 saturated carbocycles. The molecule has 1 N–H and O–H groups in total. The molecule has 0 aliphatic carbocycles. The van der Waals surface area contributed by atoms with E-state index in [2.05, 4.69) is 6.58 Å². The maximum absolute atomic E-state index is 12.8. The number of amides is 1.